The van der Waals surface area contributed by atoms with Crippen LogP contribution in [0.2, 0.25) is 0 Å². The van der Waals surface area contributed by atoms with Gasteiger partial charge >= 0.3 is 0 Å². The van der Waals surface area contributed by atoms with Gasteiger partial charge in [0.05, 0.1) is 5.69 Å². The normalized spacial score (nSPS) is 12.4. The van der Waals surface area contributed by atoms with Crippen molar-refractivity contribution in [2.75, 3.05) is 0 Å². The molecule has 2 rings (SSSR count). The highest BCUT2D eigenvalue weighted by molar-refractivity contribution is 5.33. The van der Waals surface area contributed by atoms with Crippen LogP contribution in [0.25, 0.3) is 0 Å². The topological polar surface area (TPSA) is 37.8 Å². The molecule has 1 atom stereocenters. The highest BCUT2D eigenvalue weighted by Crippen LogP contribution is 2.21. The minimum Gasteiger partial charge on any atom is -0.304 e. The molecule has 0 aromatic carbocycles. The molecule has 0 saturated carbocycles. The summed E-state index contributed by atoms with van der Waals surface area (Å²) in [7, 11) is 0. The third-order valence-electron chi connectivity index (χ3n) is 3.96. The number of pyridine rings is 2. The van der Waals surface area contributed by atoms with E-state index >= 15 is 0 Å². The Morgan fingerprint density at radius 3 is 2.67 bits per heavy atom. The van der Waals surface area contributed by atoms with Crippen LogP contribution in [0.1, 0.15) is 53.7 Å². The zero-order valence-electron chi connectivity index (χ0n) is 13.7. The van der Waals surface area contributed by atoms with Crippen molar-refractivity contribution in [1.29, 1.82) is 0 Å². The molecule has 2 heterocycles. The first kappa shape index (κ1) is 15.6. The van der Waals surface area contributed by atoms with Gasteiger partial charge < -0.3 is 5.32 Å². The average molecular weight is 283 g/mol. The van der Waals surface area contributed by atoms with E-state index in [0.717, 1.165) is 30.0 Å². The highest BCUT2D eigenvalue weighted by Gasteiger charge is 2.13. The van der Waals surface area contributed by atoms with Crippen LogP contribution in [0, 0.1) is 20.8 Å². The lowest BCUT2D eigenvalue weighted by molar-refractivity contribution is 0.558. The third-order valence-corrected chi connectivity index (χ3v) is 3.96. The van der Waals surface area contributed by atoms with Crippen molar-refractivity contribution in [2.45, 2.75) is 53.6 Å². The van der Waals surface area contributed by atoms with E-state index in [1.807, 2.05) is 19.2 Å². The fraction of sp³-hybridized carbons (Fsp3) is 0.444. The zero-order valence-corrected chi connectivity index (χ0v) is 13.7. The van der Waals surface area contributed by atoms with E-state index in [4.69, 9.17) is 0 Å². The number of nitrogens with one attached hydrogen (secondary N) is 1. The molecule has 1 unspecified atom stereocenters. The van der Waals surface area contributed by atoms with Crippen LogP contribution in [0.3, 0.4) is 0 Å². The van der Waals surface area contributed by atoms with Gasteiger partial charge in [0.15, 0.2) is 0 Å². The second-order valence-electron chi connectivity index (χ2n) is 5.64. The van der Waals surface area contributed by atoms with Crippen molar-refractivity contribution in [1.82, 2.24) is 15.3 Å². The predicted molar refractivity (Wildman–Crippen MR) is 87.3 cm³/mol. The van der Waals surface area contributed by atoms with Crippen molar-refractivity contribution in [3.63, 3.8) is 0 Å². The Morgan fingerprint density at radius 2 is 2.00 bits per heavy atom. The summed E-state index contributed by atoms with van der Waals surface area (Å²) in [5.74, 6) is 0. The summed E-state index contributed by atoms with van der Waals surface area (Å²) in [6, 6.07) is 6.58. The fourth-order valence-electron chi connectivity index (χ4n) is 2.99. The van der Waals surface area contributed by atoms with E-state index in [-0.39, 0.29) is 6.04 Å². The standard InChI is InChI=1S/C18H25N3/c1-6-16-8-7-9-19-17(16)11-20-14(4)18-12(2)10-13(3)21-15(18)5/h7-10,14,20H,6,11H2,1-5H3. The number of hydrogen-bond acceptors (Lipinski definition) is 3. The molecule has 0 saturated heterocycles. The first-order chi connectivity index (χ1) is 10.0. The summed E-state index contributed by atoms with van der Waals surface area (Å²) in [5.41, 5.74) is 7.25. The van der Waals surface area contributed by atoms with Gasteiger partial charge in [0.2, 0.25) is 0 Å². The van der Waals surface area contributed by atoms with E-state index in [0.29, 0.717) is 0 Å². The van der Waals surface area contributed by atoms with Gasteiger partial charge in [-0.1, -0.05) is 13.0 Å². The largest absolute Gasteiger partial charge is 0.304 e. The van der Waals surface area contributed by atoms with Crippen molar-refractivity contribution < 1.29 is 0 Å². The van der Waals surface area contributed by atoms with Crippen LogP contribution < -0.4 is 5.32 Å². The first-order valence-corrected chi connectivity index (χ1v) is 7.63. The molecule has 112 valence electrons. The Balaban J connectivity index is 2.14. The van der Waals surface area contributed by atoms with E-state index in [1.54, 1.807) is 0 Å². The van der Waals surface area contributed by atoms with Crippen LogP contribution in [0.5, 0.6) is 0 Å². The molecule has 3 heteroatoms. The molecule has 2 aromatic rings. The Morgan fingerprint density at radius 1 is 1.24 bits per heavy atom. The lowest BCUT2D eigenvalue weighted by atomic mass is 10.00. The van der Waals surface area contributed by atoms with Crippen LogP contribution in [0.4, 0.5) is 0 Å². The fourth-order valence-corrected chi connectivity index (χ4v) is 2.99. The van der Waals surface area contributed by atoms with Gasteiger partial charge in [0, 0.05) is 30.2 Å². The maximum absolute atomic E-state index is 4.59. The molecule has 3 nitrogen and oxygen atoms in total. The predicted octanol–water partition coefficient (Wildman–Crippen LogP) is 3.82. The number of nitrogens with zero attached hydrogens (tertiary/aromatic N) is 2. The smallest absolute Gasteiger partial charge is 0.0573 e. The first-order valence-electron chi connectivity index (χ1n) is 7.63. The summed E-state index contributed by atoms with van der Waals surface area (Å²) in [4.78, 5) is 9.08. The molecule has 2 aromatic heterocycles. The van der Waals surface area contributed by atoms with Crippen molar-refractivity contribution in [2.24, 2.45) is 0 Å². The van der Waals surface area contributed by atoms with Crippen molar-refractivity contribution in [3.8, 4) is 0 Å². The third kappa shape index (κ3) is 3.67. The summed E-state index contributed by atoms with van der Waals surface area (Å²) in [6.07, 6.45) is 2.88. The van der Waals surface area contributed by atoms with E-state index < -0.39 is 0 Å². The van der Waals surface area contributed by atoms with Crippen LogP contribution in [-0.4, -0.2) is 9.97 Å². The van der Waals surface area contributed by atoms with Gasteiger partial charge in [0.1, 0.15) is 0 Å². The summed E-state index contributed by atoms with van der Waals surface area (Å²) in [5, 5.41) is 3.59. The molecule has 0 amide bonds. The Hall–Kier alpha value is -1.74. The molecular formula is C18H25N3. The summed E-state index contributed by atoms with van der Waals surface area (Å²) < 4.78 is 0. The Bertz CT molecular complexity index is 597. The molecule has 0 fully saturated rings. The maximum atomic E-state index is 4.59. The Kier molecular flexibility index (Phi) is 5.07. The van der Waals surface area contributed by atoms with Gasteiger partial charge in [-0.15, -0.1) is 0 Å². The summed E-state index contributed by atoms with van der Waals surface area (Å²) in [6.45, 7) is 11.4. The maximum Gasteiger partial charge on any atom is 0.0573 e. The number of hydrogen-bond donors (Lipinski definition) is 1. The number of rotatable bonds is 5. The minimum absolute atomic E-state index is 0.268. The van der Waals surface area contributed by atoms with Crippen LogP contribution in [0.15, 0.2) is 24.4 Å². The molecule has 0 spiro atoms. The second-order valence-corrected chi connectivity index (χ2v) is 5.64. The molecule has 0 aliphatic rings. The van der Waals surface area contributed by atoms with Gasteiger partial charge in [-0.3, -0.25) is 9.97 Å². The van der Waals surface area contributed by atoms with Gasteiger partial charge in [-0.2, -0.15) is 0 Å². The van der Waals surface area contributed by atoms with Crippen molar-refractivity contribution in [3.05, 3.63) is 58.2 Å². The average Bonchev–Trinajstić information content (AvgIpc) is 2.44. The summed E-state index contributed by atoms with van der Waals surface area (Å²) >= 11 is 0. The van der Waals surface area contributed by atoms with Crippen LogP contribution >= 0.6 is 0 Å². The van der Waals surface area contributed by atoms with E-state index in [2.05, 4.69) is 55.1 Å². The lowest BCUT2D eigenvalue weighted by Gasteiger charge is -2.19. The van der Waals surface area contributed by atoms with Crippen LogP contribution in [-0.2, 0) is 13.0 Å². The minimum atomic E-state index is 0.268. The highest BCUT2D eigenvalue weighted by atomic mass is 14.9. The van der Waals surface area contributed by atoms with Gasteiger partial charge in [0.25, 0.3) is 0 Å². The molecule has 0 radical (unpaired) electrons. The molecule has 21 heavy (non-hydrogen) atoms. The Labute approximate surface area is 127 Å². The monoisotopic (exact) mass is 283 g/mol. The van der Waals surface area contributed by atoms with E-state index in [9.17, 15) is 0 Å². The molecule has 0 bridgehead atoms. The number of aromatic nitrogens is 2. The quantitative estimate of drug-likeness (QED) is 0.906. The molecule has 0 aliphatic heterocycles. The lowest BCUT2D eigenvalue weighted by Crippen LogP contribution is -2.21. The van der Waals surface area contributed by atoms with Gasteiger partial charge in [-0.25, -0.2) is 0 Å². The molecule has 1 N–H and O–H groups in total. The molecule has 0 aliphatic carbocycles. The van der Waals surface area contributed by atoms with Gasteiger partial charge in [-0.05, 0) is 62.9 Å². The van der Waals surface area contributed by atoms with Crippen molar-refractivity contribution >= 4 is 0 Å². The molecular weight excluding hydrogens is 258 g/mol. The second kappa shape index (κ2) is 6.81. The number of aryl methyl sites for hydroxylation is 4. The van der Waals surface area contributed by atoms with E-state index in [1.165, 1.54) is 16.7 Å². The zero-order chi connectivity index (χ0) is 15.4. The SMILES string of the molecule is CCc1cccnc1CNC(C)c1c(C)cc(C)nc1C.